The largest absolute Gasteiger partial charge is 0.496 e. The number of methoxy groups -OCH3 is 1. The zero-order valence-corrected chi connectivity index (χ0v) is 17.0. The molecule has 0 aliphatic carbocycles. The maximum absolute atomic E-state index is 12.9. The molecule has 0 bridgehead atoms. The summed E-state index contributed by atoms with van der Waals surface area (Å²) in [7, 11) is 1.60. The average Bonchev–Trinajstić information content (AvgIpc) is 3.08. The van der Waals surface area contributed by atoms with Gasteiger partial charge in [-0.2, -0.15) is 0 Å². The molecule has 0 radical (unpaired) electrons. The van der Waals surface area contributed by atoms with Crippen molar-refractivity contribution in [2.75, 3.05) is 31.6 Å². The average molecular weight is 407 g/mol. The van der Waals surface area contributed by atoms with Gasteiger partial charge in [-0.3, -0.25) is 9.59 Å². The lowest BCUT2D eigenvalue weighted by molar-refractivity contribution is -0.132. The third-order valence-corrected chi connectivity index (χ3v) is 5.80. The molecule has 2 fully saturated rings. The van der Waals surface area contributed by atoms with E-state index in [0.717, 1.165) is 5.56 Å². The molecule has 7 heteroatoms. The number of para-hydroxylation sites is 2. The molecule has 0 atom stereocenters. The number of anilines is 1. The lowest BCUT2D eigenvalue weighted by atomic mass is 10.0. The number of amides is 4. The van der Waals surface area contributed by atoms with Crippen molar-refractivity contribution in [2.45, 2.75) is 25.3 Å². The number of imide groups is 1. The fourth-order valence-electron chi connectivity index (χ4n) is 4.19. The molecule has 0 aromatic heterocycles. The van der Waals surface area contributed by atoms with E-state index in [0.29, 0.717) is 37.4 Å². The van der Waals surface area contributed by atoms with Crippen molar-refractivity contribution < 1.29 is 19.1 Å². The van der Waals surface area contributed by atoms with Crippen molar-refractivity contribution >= 4 is 23.5 Å². The summed E-state index contributed by atoms with van der Waals surface area (Å²) in [4.78, 5) is 42.8. The summed E-state index contributed by atoms with van der Waals surface area (Å²) in [6.45, 7) is 1.23. The van der Waals surface area contributed by atoms with Gasteiger partial charge in [0.2, 0.25) is 5.91 Å². The molecular weight excluding hydrogens is 382 g/mol. The number of urea groups is 1. The highest BCUT2D eigenvalue weighted by molar-refractivity contribution is 6.19. The Labute approximate surface area is 175 Å². The van der Waals surface area contributed by atoms with E-state index in [-0.39, 0.29) is 36.9 Å². The van der Waals surface area contributed by atoms with Crippen molar-refractivity contribution in [2.24, 2.45) is 0 Å². The summed E-state index contributed by atoms with van der Waals surface area (Å²) in [5.41, 5.74) is 1.46. The molecule has 2 aliphatic heterocycles. The lowest BCUT2D eigenvalue weighted by Gasteiger charge is -2.36. The number of piperidine rings is 1. The smallest absolute Gasteiger partial charge is 0.332 e. The molecule has 0 spiro atoms. The van der Waals surface area contributed by atoms with Gasteiger partial charge in [-0.05, 0) is 31.0 Å². The second-order valence-electron chi connectivity index (χ2n) is 7.58. The fourth-order valence-corrected chi connectivity index (χ4v) is 4.19. The Kier molecular flexibility index (Phi) is 5.70. The molecule has 0 unspecified atom stereocenters. The Balaban J connectivity index is 1.36. The number of hydrogen-bond donors (Lipinski definition) is 0. The maximum Gasteiger partial charge on any atom is 0.332 e. The normalized spacial score (nSPS) is 17.6. The predicted molar refractivity (Wildman–Crippen MR) is 112 cm³/mol. The SMILES string of the molecule is COc1ccccc1CC(=O)N1CCC(N2CC(=O)N(c3ccccc3)C2=O)CC1. The summed E-state index contributed by atoms with van der Waals surface area (Å²) in [5, 5.41) is 0. The van der Waals surface area contributed by atoms with Crippen molar-refractivity contribution in [3.05, 3.63) is 60.2 Å². The minimum absolute atomic E-state index is 0.0366. The van der Waals surface area contributed by atoms with E-state index in [4.69, 9.17) is 4.74 Å². The Bertz CT molecular complexity index is 938. The first-order valence-electron chi connectivity index (χ1n) is 10.2. The van der Waals surface area contributed by atoms with Crippen molar-refractivity contribution in [1.82, 2.24) is 9.80 Å². The number of likely N-dealkylation sites (tertiary alicyclic amines) is 1. The van der Waals surface area contributed by atoms with Crippen LogP contribution in [0.1, 0.15) is 18.4 Å². The molecular formula is C23H25N3O4. The Morgan fingerprint density at radius 3 is 2.37 bits per heavy atom. The van der Waals surface area contributed by atoms with Crippen LogP contribution >= 0.6 is 0 Å². The van der Waals surface area contributed by atoms with E-state index in [2.05, 4.69) is 0 Å². The van der Waals surface area contributed by atoms with E-state index < -0.39 is 0 Å². The molecule has 0 N–H and O–H groups in total. The first kappa shape index (κ1) is 19.9. The highest BCUT2D eigenvalue weighted by atomic mass is 16.5. The Hall–Kier alpha value is -3.35. The van der Waals surface area contributed by atoms with Gasteiger partial charge in [0.15, 0.2) is 0 Å². The third kappa shape index (κ3) is 3.87. The van der Waals surface area contributed by atoms with Gasteiger partial charge in [0.25, 0.3) is 5.91 Å². The number of ether oxygens (including phenoxy) is 1. The van der Waals surface area contributed by atoms with Crippen LogP contribution in [0.5, 0.6) is 5.75 Å². The van der Waals surface area contributed by atoms with Crippen LogP contribution in [0.25, 0.3) is 0 Å². The number of nitrogens with zero attached hydrogens (tertiary/aromatic N) is 3. The Morgan fingerprint density at radius 1 is 1.00 bits per heavy atom. The van der Waals surface area contributed by atoms with E-state index >= 15 is 0 Å². The van der Waals surface area contributed by atoms with Crippen LogP contribution in [0, 0.1) is 0 Å². The second-order valence-corrected chi connectivity index (χ2v) is 7.58. The quantitative estimate of drug-likeness (QED) is 0.715. The van der Waals surface area contributed by atoms with E-state index in [1.54, 1.807) is 24.1 Å². The molecule has 0 saturated carbocycles. The number of carbonyl (C=O) groups is 3. The zero-order chi connectivity index (χ0) is 21.1. The first-order valence-corrected chi connectivity index (χ1v) is 10.2. The maximum atomic E-state index is 12.9. The summed E-state index contributed by atoms with van der Waals surface area (Å²) in [6, 6.07) is 16.2. The van der Waals surface area contributed by atoms with Crippen LogP contribution in [0.2, 0.25) is 0 Å². The van der Waals surface area contributed by atoms with Gasteiger partial charge in [0, 0.05) is 24.7 Å². The molecule has 4 rings (SSSR count). The highest BCUT2D eigenvalue weighted by Crippen LogP contribution is 2.27. The van der Waals surface area contributed by atoms with Gasteiger partial charge in [0.1, 0.15) is 12.3 Å². The van der Waals surface area contributed by atoms with E-state index in [1.807, 2.05) is 47.4 Å². The topological polar surface area (TPSA) is 70.2 Å². The van der Waals surface area contributed by atoms with E-state index in [9.17, 15) is 14.4 Å². The first-order chi connectivity index (χ1) is 14.6. The van der Waals surface area contributed by atoms with Crippen LogP contribution in [0.15, 0.2) is 54.6 Å². The van der Waals surface area contributed by atoms with Crippen LogP contribution in [-0.4, -0.2) is 60.4 Å². The fraction of sp³-hybridized carbons (Fsp3) is 0.348. The van der Waals surface area contributed by atoms with Gasteiger partial charge >= 0.3 is 6.03 Å². The second kappa shape index (κ2) is 8.57. The molecule has 4 amide bonds. The predicted octanol–water partition coefficient (Wildman–Crippen LogP) is 2.70. The lowest BCUT2D eigenvalue weighted by Crippen LogP contribution is -2.48. The number of rotatable bonds is 5. The monoisotopic (exact) mass is 407 g/mol. The van der Waals surface area contributed by atoms with Crippen molar-refractivity contribution in [1.29, 1.82) is 0 Å². The third-order valence-electron chi connectivity index (χ3n) is 5.80. The van der Waals surface area contributed by atoms with Crippen LogP contribution < -0.4 is 9.64 Å². The number of carbonyl (C=O) groups excluding carboxylic acids is 3. The molecule has 2 heterocycles. The van der Waals surface area contributed by atoms with Crippen molar-refractivity contribution in [3.63, 3.8) is 0 Å². The highest BCUT2D eigenvalue weighted by Gasteiger charge is 2.41. The molecule has 2 saturated heterocycles. The van der Waals surface area contributed by atoms with Gasteiger partial charge in [-0.15, -0.1) is 0 Å². The van der Waals surface area contributed by atoms with Gasteiger partial charge in [-0.25, -0.2) is 9.69 Å². The Morgan fingerprint density at radius 2 is 1.67 bits per heavy atom. The van der Waals surface area contributed by atoms with Crippen LogP contribution in [0.4, 0.5) is 10.5 Å². The van der Waals surface area contributed by atoms with Gasteiger partial charge in [-0.1, -0.05) is 36.4 Å². The molecule has 2 aromatic carbocycles. The molecule has 7 nitrogen and oxygen atoms in total. The van der Waals surface area contributed by atoms with Crippen molar-refractivity contribution in [3.8, 4) is 5.75 Å². The standard InChI is InChI=1S/C23H25N3O4/c1-30-20-10-6-5-7-17(20)15-21(27)24-13-11-18(12-14-24)25-16-22(28)26(23(25)29)19-8-3-2-4-9-19/h2-10,18H,11-16H2,1H3. The summed E-state index contributed by atoms with van der Waals surface area (Å²) < 4.78 is 5.34. The summed E-state index contributed by atoms with van der Waals surface area (Å²) >= 11 is 0. The minimum Gasteiger partial charge on any atom is -0.496 e. The van der Waals surface area contributed by atoms with Crippen LogP contribution in [-0.2, 0) is 16.0 Å². The molecule has 30 heavy (non-hydrogen) atoms. The minimum atomic E-state index is -0.273. The molecule has 156 valence electrons. The zero-order valence-electron chi connectivity index (χ0n) is 17.0. The van der Waals surface area contributed by atoms with E-state index in [1.165, 1.54) is 4.90 Å². The number of hydrogen-bond acceptors (Lipinski definition) is 4. The summed E-state index contributed by atoms with van der Waals surface area (Å²) in [6.07, 6.45) is 1.62. The van der Waals surface area contributed by atoms with Gasteiger partial charge in [0.05, 0.1) is 19.2 Å². The molecule has 2 aliphatic rings. The van der Waals surface area contributed by atoms with Gasteiger partial charge < -0.3 is 14.5 Å². The summed E-state index contributed by atoms with van der Waals surface area (Å²) in [5.74, 6) is 0.552. The number of benzene rings is 2. The molecule has 2 aromatic rings. The van der Waals surface area contributed by atoms with Crippen LogP contribution in [0.3, 0.4) is 0 Å².